The van der Waals surface area contributed by atoms with Crippen molar-refractivity contribution in [1.82, 2.24) is 5.32 Å². The zero-order chi connectivity index (χ0) is 21.5. The van der Waals surface area contributed by atoms with Gasteiger partial charge in [0.2, 0.25) is 5.91 Å². The highest BCUT2D eigenvalue weighted by Gasteiger charge is 2.22. The molecular formula is C24H22N2O4. The lowest BCUT2D eigenvalue weighted by Gasteiger charge is -2.16. The fourth-order valence-electron chi connectivity index (χ4n) is 3.12. The molecule has 0 radical (unpaired) electrons. The molecule has 1 atom stereocenters. The number of para-hydroxylation sites is 1. The van der Waals surface area contributed by atoms with Crippen molar-refractivity contribution in [2.45, 2.75) is 19.4 Å². The largest absolute Gasteiger partial charge is 0.480 e. The Hall–Kier alpha value is -3.93. The van der Waals surface area contributed by atoms with Crippen LogP contribution in [0.1, 0.15) is 22.8 Å². The molecule has 3 N–H and O–H groups in total. The van der Waals surface area contributed by atoms with Crippen LogP contribution in [0.25, 0.3) is 11.1 Å². The van der Waals surface area contributed by atoms with Gasteiger partial charge in [0.05, 0.1) is 11.3 Å². The first-order valence-corrected chi connectivity index (χ1v) is 9.48. The van der Waals surface area contributed by atoms with Gasteiger partial charge < -0.3 is 15.7 Å². The summed E-state index contributed by atoms with van der Waals surface area (Å²) in [5.41, 5.74) is 3.43. The molecule has 3 rings (SSSR count). The van der Waals surface area contributed by atoms with Gasteiger partial charge in [0.15, 0.2) is 0 Å². The molecule has 0 bridgehead atoms. The summed E-state index contributed by atoms with van der Waals surface area (Å²) in [6, 6.07) is 22.8. The van der Waals surface area contributed by atoms with Crippen molar-refractivity contribution in [3.63, 3.8) is 0 Å². The SMILES string of the molecule is CC(=O)Nc1ccccc1C(=O)N[C@H](Cc1ccc(-c2ccccc2)cc1)C(=O)O. The Balaban J connectivity index is 1.73. The molecule has 0 aromatic heterocycles. The van der Waals surface area contributed by atoms with Gasteiger partial charge in [0, 0.05) is 13.3 Å². The lowest BCUT2D eigenvalue weighted by atomic mass is 10.0. The van der Waals surface area contributed by atoms with Crippen LogP contribution >= 0.6 is 0 Å². The molecule has 0 aliphatic rings. The lowest BCUT2D eigenvalue weighted by molar-refractivity contribution is -0.139. The van der Waals surface area contributed by atoms with Crippen LogP contribution in [0, 0.1) is 0 Å². The molecule has 6 nitrogen and oxygen atoms in total. The van der Waals surface area contributed by atoms with Crippen LogP contribution in [0.5, 0.6) is 0 Å². The number of aliphatic carboxylic acids is 1. The maximum atomic E-state index is 12.7. The smallest absolute Gasteiger partial charge is 0.326 e. The van der Waals surface area contributed by atoms with E-state index in [1.54, 1.807) is 18.2 Å². The number of hydrogen-bond acceptors (Lipinski definition) is 3. The topological polar surface area (TPSA) is 95.5 Å². The van der Waals surface area contributed by atoms with Crippen molar-refractivity contribution in [3.8, 4) is 11.1 Å². The Kier molecular flexibility index (Phi) is 6.60. The van der Waals surface area contributed by atoms with Crippen molar-refractivity contribution in [3.05, 3.63) is 90.0 Å². The Morgan fingerprint density at radius 3 is 2.07 bits per heavy atom. The highest BCUT2D eigenvalue weighted by Crippen LogP contribution is 2.20. The number of carboxylic acids is 1. The summed E-state index contributed by atoms with van der Waals surface area (Å²) >= 11 is 0. The van der Waals surface area contributed by atoms with Crippen LogP contribution in [0.3, 0.4) is 0 Å². The molecule has 0 aliphatic heterocycles. The molecule has 3 aromatic carbocycles. The molecule has 0 unspecified atom stereocenters. The molecular weight excluding hydrogens is 380 g/mol. The van der Waals surface area contributed by atoms with Gasteiger partial charge in [0.25, 0.3) is 5.91 Å². The molecule has 6 heteroatoms. The minimum Gasteiger partial charge on any atom is -0.480 e. The van der Waals surface area contributed by atoms with E-state index in [2.05, 4.69) is 10.6 Å². The van der Waals surface area contributed by atoms with Gasteiger partial charge in [-0.05, 0) is 28.8 Å². The van der Waals surface area contributed by atoms with E-state index >= 15 is 0 Å². The Labute approximate surface area is 174 Å². The van der Waals surface area contributed by atoms with Gasteiger partial charge in [-0.3, -0.25) is 9.59 Å². The van der Waals surface area contributed by atoms with E-state index in [0.29, 0.717) is 5.69 Å². The van der Waals surface area contributed by atoms with E-state index in [1.165, 1.54) is 13.0 Å². The summed E-state index contributed by atoms with van der Waals surface area (Å²) in [7, 11) is 0. The quantitative estimate of drug-likeness (QED) is 0.561. The third-order valence-corrected chi connectivity index (χ3v) is 4.59. The van der Waals surface area contributed by atoms with Crippen molar-refractivity contribution in [2.24, 2.45) is 0 Å². The zero-order valence-electron chi connectivity index (χ0n) is 16.5. The van der Waals surface area contributed by atoms with Crippen molar-refractivity contribution < 1.29 is 19.5 Å². The van der Waals surface area contributed by atoms with Crippen LogP contribution in [0.4, 0.5) is 5.69 Å². The highest BCUT2D eigenvalue weighted by atomic mass is 16.4. The predicted octanol–water partition coefficient (Wildman–Crippen LogP) is 3.74. The number of nitrogens with one attached hydrogen (secondary N) is 2. The first-order chi connectivity index (χ1) is 14.4. The normalized spacial score (nSPS) is 11.4. The standard InChI is InChI=1S/C24H22N2O4/c1-16(27)25-21-10-6-5-9-20(21)23(28)26-22(24(29)30)15-17-11-13-19(14-12-17)18-7-3-2-4-8-18/h2-14,22H,15H2,1H3,(H,25,27)(H,26,28)(H,29,30)/t22-/m1/s1. The first kappa shape index (κ1) is 20.8. The van der Waals surface area contributed by atoms with E-state index in [-0.39, 0.29) is 17.9 Å². The number of carboxylic acid groups (broad SMARTS) is 1. The Morgan fingerprint density at radius 1 is 0.833 bits per heavy atom. The van der Waals surface area contributed by atoms with E-state index in [0.717, 1.165) is 16.7 Å². The van der Waals surface area contributed by atoms with Crippen LogP contribution in [-0.2, 0) is 16.0 Å². The summed E-state index contributed by atoms with van der Waals surface area (Å²) in [5, 5.41) is 14.7. The second kappa shape index (κ2) is 9.52. The molecule has 2 amide bonds. The van der Waals surface area contributed by atoms with Crippen LogP contribution in [0.2, 0.25) is 0 Å². The number of carbonyl (C=O) groups excluding carboxylic acids is 2. The number of hydrogen-bond donors (Lipinski definition) is 3. The van der Waals surface area contributed by atoms with Gasteiger partial charge in [0.1, 0.15) is 6.04 Å². The molecule has 152 valence electrons. The zero-order valence-corrected chi connectivity index (χ0v) is 16.5. The molecule has 0 spiro atoms. The van der Waals surface area contributed by atoms with Gasteiger partial charge in [-0.2, -0.15) is 0 Å². The summed E-state index contributed by atoms with van der Waals surface area (Å²) in [4.78, 5) is 35.8. The average molecular weight is 402 g/mol. The van der Waals surface area contributed by atoms with Gasteiger partial charge >= 0.3 is 5.97 Å². The van der Waals surface area contributed by atoms with Crippen molar-refractivity contribution in [2.75, 3.05) is 5.32 Å². The average Bonchev–Trinajstić information content (AvgIpc) is 2.74. The van der Waals surface area contributed by atoms with Gasteiger partial charge in [-0.25, -0.2) is 4.79 Å². The van der Waals surface area contributed by atoms with Crippen molar-refractivity contribution in [1.29, 1.82) is 0 Å². The van der Waals surface area contributed by atoms with Crippen molar-refractivity contribution >= 4 is 23.5 Å². The molecule has 0 heterocycles. The summed E-state index contributed by atoms with van der Waals surface area (Å²) in [6.45, 7) is 1.34. The number of carbonyl (C=O) groups is 3. The fraction of sp³-hybridized carbons (Fsp3) is 0.125. The van der Waals surface area contributed by atoms with Gasteiger partial charge in [-0.1, -0.05) is 66.7 Å². The number of anilines is 1. The molecule has 0 saturated carbocycles. The van der Waals surface area contributed by atoms with Crippen LogP contribution in [0.15, 0.2) is 78.9 Å². The second-order valence-electron chi connectivity index (χ2n) is 6.86. The predicted molar refractivity (Wildman–Crippen MR) is 115 cm³/mol. The minimum absolute atomic E-state index is 0.137. The molecule has 30 heavy (non-hydrogen) atoms. The summed E-state index contributed by atoms with van der Waals surface area (Å²) < 4.78 is 0. The number of amides is 2. The van der Waals surface area contributed by atoms with E-state index in [9.17, 15) is 19.5 Å². The van der Waals surface area contributed by atoms with Crippen LogP contribution in [-0.4, -0.2) is 28.9 Å². The first-order valence-electron chi connectivity index (χ1n) is 9.48. The maximum absolute atomic E-state index is 12.7. The summed E-state index contributed by atoms with van der Waals surface area (Å²) in [5.74, 6) is -2.01. The number of rotatable bonds is 7. The Morgan fingerprint density at radius 2 is 1.43 bits per heavy atom. The third-order valence-electron chi connectivity index (χ3n) is 4.59. The van der Waals surface area contributed by atoms with E-state index in [1.807, 2.05) is 54.6 Å². The minimum atomic E-state index is -1.13. The fourth-order valence-corrected chi connectivity index (χ4v) is 3.12. The van der Waals surface area contributed by atoms with Gasteiger partial charge in [-0.15, -0.1) is 0 Å². The monoisotopic (exact) mass is 402 g/mol. The molecule has 0 fully saturated rings. The van der Waals surface area contributed by atoms with Crippen LogP contribution < -0.4 is 10.6 Å². The third kappa shape index (κ3) is 5.32. The molecule has 0 saturated heterocycles. The lowest BCUT2D eigenvalue weighted by Crippen LogP contribution is -2.42. The van der Waals surface area contributed by atoms with E-state index < -0.39 is 17.9 Å². The Bertz CT molecular complexity index is 1050. The maximum Gasteiger partial charge on any atom is 0.326 e. The molecule has 0 aliphatic carbocycles. The second-order valence-corrected chi connectivity index (χ2v) is 6.86. The molecule has 3 aromatic rings. The highest BCUT2D eigenvalue weighted by molar-refractivity contribution is 6.04. The van der Waals surface area contributed by atoms with E-state index in [4.69, 9.17) is 0 Å². The summed E-state index contributed by atoms with van der Waals surface area (Å²) in [6.07, 6.45) is 0.137. The number of benzene rings is 3.